The van der Waals surface area contributed by atoms with E-state index < -0.39 is 23.6 Å². The number of halogens is 2. The Morgan fingerprint density at radius 1 is 1.20 bits per heavy atom. The maximum absolute atomic E-state index is 15.2. The van der Waals surface area contributed by atoms with E-state index in [0.29, 0.717) is 19.8 Å². The number of nitrogens with one attached hydrogen (secondary N) is 1. The third kappa shape index (κ3) is 3.11. The van der Waals surface area contributed by atoms with E-state index in [1.165, 1.54) is 18.2 Å². The van der Waals surface area contributed by atoms with Gasteiger partial charge in [-0.3, -0.25) is 4.90 Å². The van der Waals surface area contributed by atoms with Gasteiger partial charge >= 0.3 is 5.97 Å². The first kappa shape index (κ1) is 19.0. The number of nitrogens with zero attached hydrogens (tertiary/aromatic N) is 1. The van der Waals surface area contributed by atoms with Crippen LogP contribution in [0.3, 0.4) is 0 Å². The number of carboxylic acids is 1. The van der Waals surface area contributed by atoms with Crippen LogP contribution in [0.15, 0.2) is 42.5 Å². The Morgan fingerprint density at radius 3 is 2.60 bits per heavy atom. The highest BCUT2D eigenvalue weighted by atomic mass is 19.1. The lowest BCUT2D eigenvalue weighted by Gasteiger charge is -2.44. The zero-order valence-electron chi connectivity index (χ0n) is 16.1. The zero-order chi connectivity index (χ0) is 20.8. The van der Waals surface area contributed by atoms with Crippen LogP contribution in [-0.2, 0) is 16.0 Å². The fraction of sp³-hybridized carbons (Fsp3) is 0.261. The fourth-order valence-corrected chi connectivity index (χ4v) is 4.51. The molecule has 1 atom stereocenters. The Labute approximate surface area is 171 Å². The van der Waals surface area contributed by atoms with Gasteiger partial charge in [0.25, 0.3) is 0 Å². The van der Waals surface area contributed by atoms with Crippen LogP contribution >= 0.6 is 0 Å². The summed E-state index contributed by atoms with van der Waals surface area (Å²) >= 11 is 0. The molecule has 5 nitrogen and oxygen atoms in total. The van der Waals surface area contributed by atoms with Gasteiger partial charge in [0.15, 0.2) is 0 Å². The van der Waals surface area contributed by atoms with Gasteiger partial charge in [-0.15, -0.1) is 0 Å². The molecule has 30 heavy (non-hydrogen) atoms. The molecule has 154 valence electrons. The van der Waals surface area contributed by atoms with Crippen molar-refractivity contribution < 1.29 is 23.4 Å². The molecule has 0 amide bonds. The van der Waals surface area contributed by atoms with E-state index in [4.69, 9.17) is 9.84 Å². The fourth-order valence-electron chi connectivity index (χ4n) is 4.51. The van der Waals surface area contributed by atoms with E-state index in [0.717, 1.165) is 34.7 Å². The first-order valence-corrected chi connectivity index (χ1v) is 9.86. The molecule has 7 heteroatoms. The van der Waals surface area contributed by atoms with E-state index in [-0.39, 0.29) is 17.2 Å². The topological polar surface area (TPSA) is 65.6 Å². The molecule has 2 aliphatic heterocycles. The number of carboxylic acid groups (broad SMARTS) is 1. The predicted molar refractivity (Wildman–Crippen MR) is 108 cm³/mol. The third-order valence-corrected chi connectivity index (χ3v) is 5.95. The molecule has 1 saturated heterocycles. The number of carbonyl (C=O) groups is 1. The second kappa shape index (κ2) is 7.34. The number of para-hydroxylation sites is 1. The van der Waals surface area contributed by atoms with Gasteiger partial charge in [0, 0.05) is 34.8 Å². The molecule has 5 rings (SSSR count). The summed E-state index contributed by atoms with van der Waals surface area (Å²) in [6.07, 6.45) is 2.84. The summed E-state index contributed by atoms with van der Waals surface area (Å²) in [5.74, 6) is -2.56. The van der Waals surface area contributed by atoms with E-state index in [2.05, 4.69) is 9.88 Å². The number of aromatic amines is 1. The summed E-state index contributed by atoms with van der Waals surface area (Å²) in [7, 11) is 0. The highest BCUT2D eigenvalue weighted by molar-refractivity contribution is 5.86. The third-order valence-electron chi connectivity index (χ3n) is 5.95. The van der Waals surface area contributed by atoms with Crippen LogP contribution in [0.25, 0.3) is 17.0 Å². The number of aliphatic carboxylic acids is 1. The minimum Gasteiger partial charge on any atom is -0.478 e. The van der Waals surface area contributed by atoms with Crippen molar-refractivity contribution in [1.82, 2.24) is 9.88 Å². The standard InChI is InChI=1S/C23H20F2N2O3/c24-17-9-13(5-6-20(28)29)10-18(25)21(17)23-22-16(7-8-27(23)14-11-30-12-14)15-3-1-2-4-19(15)26-22/h1-6,9-10,14,23,26H,7-8,11-12H2,(H,28,29)/b6-5+/t23-/m1/s1. The number of benzene rings is 2. The number of hydrogen-bond acceptors (Lipinski definition) is 3. The average Bonchev–Trinajstić information content (AvgIpc) is 3.04. The van der Waals surface area contributed by atoms with E-state index in [9.17, 15) is 4.79 Å². The van der Waals surface area contributed by atoms with Crippen molar-refractivity contribution >= 4 is 22.9 Å². The van der Waals surface area contributed by atoms with Gasteiger partial charge in [-0.2, -0.15) is 0 Å². The number of aromatic nitrogens is 1. The van der Waals surface area contributed by atoms with Crippen LogP contribution in [0.1, 0.15) is 28.4 Å². The minimum absolute atomic E-state index is 0.0260. The number of hydrogen-bond donors (Lipinski definition) is 2. The lowest BCUT2D eigenvalue weighted by molar-refractivity contribution is -0.131. The van der Waals surface area contributed by atoms with Gasteiger partial charge in [-0.25, -0.2) is 13.6 Å². The minimum atomic E-state index is -1.17. The van der Waals surface area contributed by atoms with Crippen molar-refractivity contribution in [2.75, 3.05) is 19.8 Å². The summed E-state index contributed by atoms with van der Waals surface area (Å²) in [5.41, 5.74) is 2.98. The summed E-state index contributed by atoms with van der Waals surface area (Å²) in [6, 6.07) is 9.75. The normalized spacial score (nSPS) is 19.9. The Balaban J connectivity index is 1.66. The molecule has 1 fully saturated rings. The molecular weight excluding hydrogens is 390 g/mol. The zero-order valence-corrected chi connectivity index (χ0v) is 16.1. The van der Waals surface area contributed by atoms with Crippen LogP contribution in [-0.4, -0.2) is 46.8 Å². The SMILES string of the molecule is O=C(O)/C=C/c1cc(F)c([C@@H]2c3[nH]c4ccccc4c3CCN2C2COC2)c(F)c1. The van der Waals surface area contributed by atoms with E-state index in [1.54, 1.807) is 0 Å². The highest BCUT2D eigenvalue weighted by Gasteiger charge is 2.40. The number of rotatable bonds is 4. The molecule has 3 heterocycles. The van der Waals surface area contributed by atoms with Crippen LogP contribution in [0, 0.1) is 11.6 Å². The first-order valence-electron chi connectivity index (χ1n) is 9.86. The summed E-state index contributed by atoms with van der Waals surface area (Å²) in [6.45, 7) is 1.75. The lowest BCUT2D eigenvalue weighted by Crippen LogP contribution is -2.53. The molecule has 0 aliphatic carbocycles. The van der Waals surface area contributed by atoms with Gasteiger partial charge in [0.05, 0.1) is 25.3 Å². The van der Waals surface area contributed by atoms with Crippen molar-refractivity contribution in [3.63, 3.8) is 0 Å². The average molecular weight is 410 g/mol. The van der Waals surface area contributed by atoms with Gasteiger partial charge in [0.2, 0.25) is 0 Å². The Hall–Kier alpha value is -3.03. The lowest BCUT2D eigenvalue weighted by atomic mass is 9.89. The first-order chi connectivity index (χ1) is 14.5. The van der Waals surface area contributed by atoms with Crippen LogP contribution < -0.4 is 0 Å². The Bertz CT molecular complexity index is 1140. The molecule has 1 aromatic heterocycles. The maximum Gasteiger partial charge on any atom is 0.328 e. The van der Waals surface area contributed by atoms with Crippen LogP contribution in [0.2, 0.25) is 0 Å². The molecular formula is C23H20F2N2O3. The predicted octanol–water partition coefficient (Wildman–Crippen LogP) is 3.89. The van der Waals surface area contributed by atoms with Gasteiger partial charge in [0.1, 0.15) is 11.6 Å². The van der Waals surface area contributed by atoms with Crippen molar-refractivity contribution in [2.45, 2.75) is 18.5 Å². The monoisotopic (exact) mass is 410 g/mol. The largest absolute Gasteiger partial charge is 0.478 e. The van der Waals surface area contributed by atoms with E-state index in [1.807, 2.05) is 24.3 Å². The number of H-pyrrole nitrogens is 1. The molecule has 0 saturated carbocycles. The molecule has 0 radical (unpaired) electrons. The van der Waals surface area contributed by atoms with Crippen molar-refractivity contribution in [1.29, 1.82) is 0 Å². The molecule has 2 aromatic carbocycles. The van der Waals surface area contributed by atoms with Gasteiger partial charge < -0.3 is 14.8 Å². The molecule has 2 aliphatic rings. The number of ether oxygens (including phenoxy) is 1. The molecule has 0 spiro atoms. The molecule has 0 bridgehead atoms. The molecule has 3 aromatic rings. The van der Waals surface area contributed by atoms with Gasteiger partial charge in [-0.05, 0) is 41.8 Å². The van der Waals surface area contributed by atoms with Crippen molar-refractivity contribution in [3.05, 3.63) is 76.5 Å². The second-order valence-electron chi connectivity index (χ2n) is 7.71. The van der Waals surface area contributed by atoms with Crippen LogP contribution in [0.4, 0.5) is 8.78 Å². The number of fused-ring (bicyclic) bond motifs is 3. The molecule has 2 N–H and O–H groups in total. The van der Waals surface area contributed by atoms with Crippen molar-refractivity contribution in [2.24, 2.45) is 0 Å². The maximum atomic E-state index is 15.2. The summed E-state index contributed by atoms with van der Waals surface area (Å²) in [5, 5.41) is 9.86. The quantitative estimate of drug-likeness (QED) is 0.641. The molecule has 0 unspecified atom stereocenters. The smallest absolute Gasteiger partial charge is 0.328 e. The Morgan fingerprint density at radius 2 is 1.93 bits per heavy atom. The van der Waals surface area contributed by atoms with Crippen LogP contribution in [0.5, 0.6) is 0 Å². The Kier molecular flexibility index (Phi) is 4.64. The van der Waals surface area contributed by atoms with E-state index >= 15 is 8.78 Å². The second-order valence-corrected chi connectivity index (χ2v) is 7.71. The summed E-state index contributed by atoms with van der Waals surface area (Å²) < 4.78 is 35.8. The van der Waals surface area contributed by atoms with Crippen molar-refractivity contribution in [3.8, 4) is 0 Å². The van der Waals surface area contributed by atoms with Gasteiger partial charge in [-0.1, -0.05) is 18.2 Å². The highest BCUT2D eigenvalue weighted by Crippen LogP contribution is 2.42. The summed E-state index contributed by atoms with van der Waals surface area (Å²) in [4.78, 5) is 16.2.